The Morgan fingerprint density at radius 1 is 1.12 bits per heavy atom. The van der Waals surface area contributed by atoms with Gasteiger partial charge in [-0.25, -0.2) is 13.2 Å². The molecule has 1 amide bonds. The summed E-state index contributed by atoms with van der Waals surface area (Å²) in [5.74, 6) is -3.57. The van der Waals surface area contributed by atoms with Crippen LogP contribution < -0.4 is 10.1 Å². The van der Waals surface area contributed by atoms with Gasteiger partial charge in [0.1, 0.15) is 6.10 Å². The molecule has 1 fully saturated rings. The first-order valence-electron chi connectivity index (χ1n) is 8.34. The summed E-state index contributed by atoms with van der Waals surface area (Å²) >= 11 is 0. The molecular weight excluding hydrogens is 345 g/mol. The van der Waals surface area contributed by atoms with Gasteiger partial charge >= 0.3 is 0 Å². The smallest absolute Gasteiger partial charge is 0.255 e. The van der Waals surface area contributed by atoms with E-state index in [0.29, 0.717) is 0 Å². The van der Waals surface area contributed by atoms with Gasteiger partial charge in [0.05, 0.1) is 5.69 Å². The number of likely N-dealkylation sites (tertiary alicyclic amines) is 1. The van der Waals surface area contributed by atoms with Crippen LogP contribution in [-0.2, 0) is 0 Å². The molecule has 0 spiro atoms. The SMILES string of the molecule is CN1CCC(Oc2cccc(NC(=O)c3ccc(F)c(F)c3)c2F)CC1. The number of nitrogens with one attached hydrogen (secondary N) is 1. The maximum absolute atomic E-state index is 14.6. The third-order valence-electron chi connectivity index (χ3n) is 4.35. The van der Waals surface area contributed by atoms with Gasteiger partial charge in [-0.2, -0.15) is 0 Å². The van der Waals surface area contributed by atoms with Gasteiger partial charge in [-0.3, -0.25) is 4.79 Å². The molecular formula is C19H19F3N2O2. The van der Waals surface area contributed by atoms with E-state index in [1.165, 1.54) is 12.1 Å². The van der Waals surface area contributed by atoms with Gasteiger partial charge in [-0.1, -0.05) is 6.07 Å². The molecule has 2 aromatic rings. The Kier molecular flexibility index (Phi) is 5.46. The molecule has 7 heteroatoms. The van der Waals surface area contributed by atoms with Crippen molar-refractivity contribution < 1.29 is 22.7 Å². The Bertz CT molecular complexity index is 805. The normalized spacial score (nSPS) is 15.7. The minimum Gasteiger partial charge on any atom is -0.487 e. The fourth-order valence-electron chi connectivity index (χ4n) is 2.81. The predicted molar refractivity (Wildman–Crippen MR) is 91.9 cm³/mol. The summed E-state index contributed by atoms with van der Waals surface area (Å²) in [6.45, 7) is 1.75. The first kappa shape index (κ1) is 18.3. The van der Waals surface area contributed by atoms with Crippen molar-refractivity contribution in [2.24, 2.45) is 0 Å². The van der Waals surface area contributed by atoms with E-state index in [9.17, 15) is 18.0 Å². The first-order chi connectivity index (χ1) is 12.4. The van der Waals surface area contributed by atoms with E-state index >= 15 is 0 Å². The Labute approximate surface area is 149 Å². The molecule has 0 radical (unpaired) electrons. The molecule has 0 bridgehead atoms. The van der Waals surface area contributed by atoms with E-state index < -0.39 is 23.4 Å². The lowest BCUT2D eigenvalue weighted by molar-refractivity contribution is 0.102. The first-order valence-corrected chi connectivity index (χ1v) is 8.34. The largest absolute Gasteiger partial charge is 0.487 e. The molecule has 0 saturated carbocycles. The fraction of sp³-hybridized carbons (Fsp3) is 0.316. The van der Waals surface area contributed by atoms with Crippen LogP contribution in [0.1, 0.15) is 23.2 Å². The molecule has 0 aromatic heterocycles. The van der Waals surface area contributed by atoms with Crippen LogP contribution >= 0.6 is 0 Å². The zero-order valence-electron chi connectivity index (χ0n) is 14.3. The van der Waals surface area contributed by atoms with E-state index in [-0.39, 0.29) is 23.1 Å². The molecule has 0 atom stereocenters. The number of ether oxygens (including phenoxy) is 1. The number of rotatable bonds is 4. The van der Waals surface area contributed by atoms with Gasteiger partial charge in [0, 0.05) is 18.7 Å². The van der Waals surface area contributed by atoms with Crippen LogP contribution in [0.25, 0.3) is 0 Å². The molecule has 1 saturated heterocycles. The van der Waals surface area contributed by atoms with Crippen molar-refractivity contribution in [2.75, 3.05) is 25.5 Å². The average molecular weight is 364 g/mol. The number of halogens is 3. The van der Waals surface area contributed by atoms with E-state index in [1.807, 2.05) is 7.05 Å². The van der Waals surface area contributed by atoms with Crippen LogP contribution in [-0.4, -0.2) is 37.0 Å². The Morgan fingerprint density at radius 2 is 1.85 bits per heavy atom. The monoisotopic (exact) mass is 364 g/mol. The Hall–Kier alpha value is -2.54. The van der Waals surface area contributed by atoms with E-state index in [4.69, 9.17) is 4.74 Å². The van der Waals surface area contributed by atoms with Crippen LogP contribution in [0.4, 0.5) is 18.9 Å². The van der Waals surface area contributed by atoms with Crippen LogP contribution in [0, 0.1) is 17.5 Å². The molecule has 1 N–H and O–H groups in total. The van der Waals surface area contributed by atoms with Crippen LogP contribution in [0.5, 0.6) is 5.75 Å². The molecule has 1 heterocycles. The second-order valence-electron chi connectivity index (χ2n) is 6.32. The average Bonchev–Trinajstić information content (AvgIpc) is 2.62. The number of anilines is 1. The molecule has 1 aliphatic heterocycles. The quantitative estimate of drug-likeness (QED) is 0.897. The van der Waals surface area contributed by atoms with Gasteiger partial charge in [0.2, 0.25) is 0 Å². The van der Waals surface area contributed by atoms with Crippen molar-refractivity contribution in [3.05, 3.63) is 59.4 Å². The van der Waals surface area contributed by atoms with Crippen molar-refractivity contribution >= 4 is 11.6 Å². The van der Waals surface area contributed by atoms with E-state index in [2.05, 4.69) is 10.2 Å². The summed E-state index contributed by atoms with van der Waals surface area (Å²) in [5, 5.41) is 2.37. The van der Waals surface area contributed by atoms with Gasteiger partial charge < -0.3 is 15.0 Å². The van der Waals surface area contributed by atoms with Crippen molar-refractivity contribution in [1.82, 2.24) is 4.90 Å². The van der Waals surface area contributed by atoms with Gasteiger partial charge in [0.15, 0.2) is 23.2 Å². The highest BCUT2D eigenvalue weighted by Crippen LogP contribution is 2.27. The Morgan fingerprint density at radius 3 is 2.54 bits per heavy atom. The minimum absolute atomic E-state index is 0.0580. The number of hydrogen-bond donors (Lipinski definition) is 1. The summed E-state index contributed by atoms with van der Waals surface area (Å²) in [6.07, 6.45) is 1.50. The van der Waals surface area contributed by atoms with Crippen molar-refractivity contribution in [1.29, 1.82) is 0 Å². The number of carbonyl (C=O) groups excluding carboxylic acids is 1. The van der Waals surface area contributed by atoms with E-state index in [1.54, 1.807) is 6.07 Å². The number of carbonyl (C=O) groups is 1. The summed E-state index contributed by atoms with van der Waals surface area (Å²) < 4.78 is 46.6. The number of nitrogens with zero attached hydrogens (tertiary/aromatic N) is 1. The van der Waals surface area contributed by atoms with Crippen molar-refractivity contribution in [3.8, 4) is 5.75 Å². The molecule has 1 aliphatic rings. The predicted octanol–water partition coefficient (Wildman–Crippen LogP) is 3.83. The van der Waals surface area contributed by atoms with E-state index in [0.717, 1.165) is 44.1 Å². The highest BCUT2D eigenvalue weighted by atomic mass is 19.2. The second kappa shape index (κ2) is 7.78. The molecule has 0 aliphatic carbocycles. The van der Waals surface area contributed by atoms with Crippen LogP contribution in [0.15, 0.2) is 36.4 Å². The highest BCUT2D eigenvalue weighted by molar-refractivity contribution is 6.04. The molecule has 138 valence electrons. The van der Waals surface area contributed by atoms with Crippen molar-refractivity contribution in [3.63, 3.8) is 0 Å². The molecule has 4 nitrogen and oxygen atoms in total. The lowest BCUT2D eigenvalue weighted by Crippen LogP contribution is -2.35. The standard InChI is InChI=1S/C19H19F3N2O2/c1-24-9-7-13(8-10-24)26-17-4-2-3-16(18(17)22)23-19(25)12-5-6-14(20)15(21)11-12/h2-6,11,13H,7-10H2,1H3,(H,23,25). The summed E-state index contributed by atoms with van der Waals surface area (Å²) in [6, 6.07) is 7.19. The molecule has 2 aromatic carbocycles. The number of benzene rings is 2. The van der Waals surface area contributed by atoms with Gasteiger partial charge in [0.25, 0.3) is 5.91 Å². The summed E-state index contributed by atoms with van der Waals surface area (Å²) in [5.41, 5.74) is -0.185. The Balaban J connectivity index is 1.72. The lowest BCUT2D eigenvalue weighted by atomic mass is 10.1. The van der Waals surface area contributed by atoms with Crippen LogP contribution in [0.3, 0.4) is 0 Å². The summed E-state index contributed by atoms with van der Waals surface area (Å²) in [7, 11) is 2.02. The molecule has 3 rings (SSSR count). The zero-order valence-corrected chi connectivity index (χ0v) is 14.3. The third kappa shape index (κ3) is 4.16. The maximum Gasteiger partial charge on any atom is 0.255 e. The van der Waals surface area contributed by atoms with Gasteiger partial charge in [-0.05, 0) is 50.2 Å². The zero-order chi connectivity index (χ0) is 18.7. The van der Waals surface area contributed by atoms with Gasteiger partial charge in [-0.15, -0.1) is 0 Å². The maximum atomic E-state index is 14.6. The number of hydrogen-bond acceptors (Lipinski definition) is 3. The molecule has 26 heavy (non-hydrogen) atoms. The third-order valence-corrected chi connectivity index (χ3v) is 4.35. The minimum atomic E-state index is -1.14. The topological polar surface area (TPSA) is 41.6 Å². The lowest BCUT2D eigenvalue weighted by Gasteiger charge is -2.29. The highest BCUT2D eigenvalue weighted by Gasteiger charge is 2.21. The summed E-state index contributed by atoms with van der Waals surface area (Å²) in [4.78, 5) is 14.3. The second-order valence-corrected chi connectivity index (χ2v) is 6.32. The number of piperidine rings is 1. The number of amides is 1. The fourth-order valence-corrected chi connectivity index (χ4v) is 2.81. The van der Waals surface area contributed by atoms with Crippen molar-refractivity contribution in [2.45, 2.75) is 18.9 Å². The van der Waals surface area contributed by atoms with Crippen LogP contribution in [0.2, 0.25) is 0 Å². The molecule has 0 unspecified atom stereocenters.